The molecule has 2 aromatic rings. The molecular weight excluding hydrogens is 325 g/mol. The van der Waals surface area contributed by atoms with E-state index in [0.717, 1.165) is 34.7 Å². The number of likely N-dealkylation sites (N-methyl/N-ethyl adjacent to an activating group) is 1. The molecular formula is C17H18Cl3N. The van der Waals surface area contributed by atoms with Crippen LogP contribution < -0.4 is 5.32 Å². The number of benzene rings is 2. The fourth-order valence-corrected chi connectivity index (χ4v) is 3.05. The summed E-state index contributed by atoms with van der Waals surface area (Å²) in [5, 5.41) is 5.65. The lowest BCUT2D eigenvalue weighted by atomic mass is 9.98. The van der Waals surface area contributed by atoms with Gasteiger partial charge in [0.25, 0.3) is 0 Å². The zero-order valence-electron chi connectivity index (χ0n) is 12.1. The van der Waals surface area contributed by atoms with Crippen LogP contribution in [0.3, 0.4) is 0 Å². The van der Waals surface area contributed by atoms with E-state index in [4.69, 9.17) is 34.8 Å². The zero-order valence-corrected chi connectivity index (χ0v) is 14.4. The van der Waals surface area contributed by atoms with E-state index in [1.54, 1.807) is 0 Å². The molecule has 112 valence electrons. The summed E-state index contributed by atoms with van der Waals surface area (Å²) < 4.78 is 0. The second-order valence-corrected chi connectivity index (χ2v) is 6.24. The zero-order chi connectivity index (χ0) is 15.4. The average Bonchev–Trinajstić information content (AvgIpc) is 2.45. The van der Waals surface area contributed by atoms with E-state index in [1.807, 2.05) is 37.3 Å². The molecule has 21 heavy (non-hydrogen) atoms. The molecule has 0 spiro atoms. The highest BCUT2D eigenvalue weighted by molar-refractivity contribution is 6.36. The van der Waals surface area contributed by atoms with E-state index >= 15 is 0 Å². The molecule has 0 fully saturated rings. The quantitative estimate of drug-likeness (QED) is 0.719. The van der Waals surface area contributed by atoms with Crippen molar-refractivity contribution in [3.8, 4) is 0 Å². The number of rotatable bonds is 5. The molecule has 0 aliphatic rings. The van der Waals surface area contributed by atoms with Crippen molar-refractivity contribution in [2.45, 2.75) is 26.3 Å². The molecule has 1 atom stereocenters. The fraction of sp³-hybridized carbons (Fsp3) is 0.294. The van der Waals surface area contributed by atoms with Gasteiger partial charge in [-0.05, 0) is 54.8 Å². The predicted octanol–water partition coefficient (Wildman–Crippen LogP) is 5.85. The minimum Gasteiger partial charge on any atom is -0.310 e. The predicted molar refractivity (Wildman–Crippen MR) is 92.8 cm³/mol. The second-order valence-electron chi connectivity index (χ2n) is 5.02. The van der Waals surface area contributed by atoms with Gasteiger partial charge in [0, 0.05) is 21.1 Å². The Morgan fingerprint density at radius 1 is 1.00 bits per heavy atom. The van der Waals surface area contributed by atoms with Crippen LogP contribution in [0.15, 0.2) is 36.4 Å². The van der Waals surface area contributed by atoms with Crippen LogP contribution in [0.2, 0.25) is 15.1 Å². The van der Waals surface area contributed by atoms with Crippen molar-refractivity contribution in [1.82, 2.24) is 5.32 Å². The van der Waals surface area contributed by atoms with Gasteiger partial charge in [0.05, 0.1) is 0 Å². The molecule has 0 radical (unpaired) electrons. The topological polar surface area (TPSA) is 12.0 Å². The van der Waals surface area contributed by atoms with Gasteiger partial charge >= 0.3 is 0 Å². The third-order valence-corrected chi connectivity index (χ3v) is 4.63. The lowest BCUT2D eigenvalue weighted by molar-refractivity contribution is 0.550. The summed E-state index contributed by atoms with van der Waals surface area (Å²) in [5.74, 6) is 0. The van der Waals surface area contributed by atoms with Crippen LogP contribution in [0, 0.1) is 6.92 Å². The van der Waals surface area contributed by atoms with Crippen molar-refractivity contribution in [1.29, 1.82) is 0 Å². The van der Waals surface area contributed by atoms with E-state index in [9.17, 15) is 0 Å². The minimum atomic E-state index is 0.130. The van der Waals surface area contributed by atoms with E-state index in [1.165, 1.54) is 0 Å². The molecule has 0 saturated carbocycles. The third-order valence-electron chi connectivity index (χ3n) is 3.52. The number of halogens is 3. The molecule has 0 amide bonds. The maximum atomic E-state index is 6.28. The van der Waals surface area contributed by atoms with Crippen LogP contribution in [0.25, 0.3) is 0 Å². The first-order chi connectivity index (χ1) is 10.0. The Bertz CT molecular complexity index is 605. The standard InChI is InChI=1S/C17H18Cl3N/c1-3-21-17(12-8-7-11(2)16(20)9-12)10-13-14(18)5-4-6-15(13)19/h4-9,17,21H,3,10H2,1-2H3. The lowest BCUT2D eigenvalue weighted by Crippen LogP contribution is -2.23. The van der Waals surface area contributed by atoms with Gasteiger partial charge in [0.15, 0.2) is 0 Å². The smallest absolute Gasteiger partial charge is 0.0453 e. The highest BCUT2D eigenvalue weighted by Crippen LogP contribution is 2.30. The highest BCUT2D eigenvalue weighted by Gasteiger charge is 2.16. The molecule has 0 heterocycles. The first-order valence-corrected chi connectivity index (χ1v) is 8.08. The maximum Gasteiger partial charge on any atom is 0.0453 e. The van der Waals surface area contributed by atoms with Crippen LogP contribution in [-0.2, 0) is 6.42 Å². The third kappa shape index (κ3) is 4.14. The molecule has 4 heteroatoms. The molecule has 1 nitrogen and oxygen atoms in total. The summed E-state index contributed by atoms with van der Waals surface area (Å²) in [4.78, 5) is 0. The average molecular weight is 343 g/mol. The number of aryl methyl sites for hydroxylation is 1. The monoisotopic (exact) mass is 341 g/mol. The molecule has 0 bridgehead atoms. The van der Waals surface area contributed by atoms with E-state index in [0.29, 0.717) is 10.0 Å². The van der Waals surface area contributed by atoms with Gasteiger partial charge in [-0.2, -0.15) is 0 Å². The lowest BCUT2D eigenvalue weighted by Gasteiger charge is -2.20. The van der Waals surface area contributed by atoms with Gasteiger partial charge in [-0.1, -0.05) is 59.9 Å². The van der Waals surface area contributed by atoms with Gasteiger partial charge in [-0.25, -0.2) is 0 Å². The Hall–Kier alpha value is -0.730. The van der Waals surface area contributed by atoms with Gasteiger partial charge in [0.1, 0.15) is 0 Å². The van der Waals surface area contributed by atoms with Crippen molar-refractivity contribution in [3.05, 3.63) is 68.2 Å². The highest BCUT2D eigenvalue weighted by atomic mass is 35.5. The molecule has 1 unspecified atom stereocenters. The Morgan fingerprint density at radius 2 is 1.67 bits per heavy atom. The van der Waals surface area contributed by atoms with Crippen molar-refractivity contribution in [3.63, 3.8) is 0 Å². The molecule has 0 aliphatic heterocycles. The van der Waals surface area contributed by atoms with Gasteiger partial charge in [-0.3, -0.25) is 0 Å². The number of hydrogen-bond acceptors (Lipinski definition) is 1. The number of hydrogen-bond donors (Lipinski definition) is 1. The Labute approximate surface area is 141 Å². The van der Waals surface area contributed by atoms with E-state index in [-0.39, 0.29) is 6.04 Å². The Kier molecular flexibility index (Phi) is 5.95. The minimum absolute atomic E-state index is 0.130. The summed E-state index contributed by atoms with van der Waals surface area (Å²) in [5.41, 5.74) is 3.18. The summed E-state index contributed by atoms with van der Waals surface area (Å²) in [6.45, 7) is 4.94. The van der Waals surface area contributed by atoms with Crippen LogP contribution >= 0.6 is 34.8 Å². The summed E-state index contributed by atoms with van der Waals surface area (Å²) in [6, 6.07) is 11.9. The molecule has 0 aliphatic carbocycles. The van der Waals surface area contributed by atoms with Gasteiger partial charge in [-0.15, -0.1) is 0 Å². The first kappa shape index (κ1) is 16.6. The van der Waals surface area contributed by atoms with Crippen molar-refractivity contribution >= 4 is 34.8 Å². The van der Waals surface area contributed by atoms with Crippen LogP contribution in [-0.4, -0.2) is 6.54 Å². The molecule has 1 N–H and O–H groups in total. The summed E-state index contributed by atoms with van der Waals surface area (Å²) in [7, 11) is 0. The number of nitrogens with one attached hydrogen (secondary N) is 1. The van der Waals surface area contributed by atoms with E-state index in [2.05, 4.69) is 18.3 Å². The van der Waals surface area contributed by atoms with Gasteiger partial charge in [0.2, 0.25) is 0 Å². The molecule has 2 aromatic carbocycles. The van der Waals surface area contributed by atoms with Crippen molar-refractivity contribution < 1.29 is 0 Å². The van der Waals surface area contributed by atoms with Crippen LogP contribution in [0.4, 0.5) is 0 Å². The maximum absolute atomic E-state index is 6.28. The van der Waals surface area contributed by atoms with Crippen molar-refractivity contribution in [2.75, 3.05) is 6.54 Å². The molecule has 0 aromatic heterocycles. The summed E-state index contributed by atoms with van der Waals surface area (Å²) >= 11 is 18.8. The van der Waals surface area contributed by atoms with E-state index < -0.39 is 0 Å². The van der Waals surface area contributed by atoms with Crippen LogP contribution in [0.1, 0.15) is 29.7 Å². The van der Waals surface area contributed by atoms with Crippen LogP contribution in [0.5, 0.6) is 0 Å². The second kappa shape index (κ2) is 7.51. The SMILES string of the molecule is CCNC(Cc1c(Cl)cccc1Cl)c1ccc(C)c(Cl)c1. The Morgan fingerprint density at radius 3 is 2.24 bits per heavy atom. The largest absolute Gasteiger partial charge is 0.310 e. The first-order valence-electron chi connectivity index (χ1n) is 6.95. The van der Waals surface area contributed by atoms with Gasteiger partial charge < -0.3 is 5.32 Å². The Balaban J connectivity index is 2.33. The fourth-order valence-electron chi connectivity index (χ4n) is 2.31. The molecule has 2 rings (SSSR count). The summed E-state index contributed by atoms with van der Waals surface area (Å²) in [6.07, 6.45) is 0.728. The molecule has 0 saturated heterocycles. The normalized spacial score (nSPS) is 12.4. The van der Waals surface area contributed by atoms with Crippen molar-refractivity contribution in [2.24, 2.45) is 0 Å².